The van der Waals surface area contributed by atoms with E-state index in [9.17, 15) is 14.4 Å². The molecule has 0 atom stereocenters. The van der Waals surface area contributed by atoms with Crippen molar-refractivity contribution in [1.29, 1.82) is 0 Å². The minimum Gasteiger partial charge on any atom is -0.478 e. The first-order valence-electron chi connectivity index (χ1n) is 6.45. The fourth-order valence-electron chi connectivity index (χ4n) is 2.11. The van der Waals surface area contributed by atoms with Crippen LogP contribution in [0.3, 0.4) is 0 Å². The summed E-state index contributed by atoms with van der Waals surface area (Å²) in [5.41, 5.74) is 1.24. The Labute approximate surface area is 116 Å². The molecule has 5 heteroatoms. The molecule has 1 aliphatic heterocycles. The second kappa shape index (κ2) is 6.14. The number of carbonyl (C=O) groups is 3. The molecule has 1 saturated heterocycles. The van der Waals surface area contributed by atoms with Gasteiger partial charge in [-0.05, 0) is 36.6 Å². The number of carboxylic acids is 1. The summed E-state index contributed by atoms with van der Waals surface area (Å²) < 4.78 is 0. The van der Waals surface area contributed by atoms with Gasteiger partial charge >= 0.3 is 5.97 Å². The molecule has 104 valence electrons. The summed E-state index contributed by atoms with van der Waals surface area (Å²) in [6, 6.07) is 6.67. The van der Waals surface area contributed by atoms with Crippen LogP contribution in [0, 0.1) is 0 Å². The topological polar surface area (TPSA) is 74.7 Å². The summed E-state index contributed by atoms with van der Waals surface area (Å²) in [5.74, 6) is -1.38. The van der Waals surface area contributed by atoms with E-state index in [-0.39, 0.29) is 11.8 Å². The lowest BCUT2D eigenvalue weighted by atomic mass is 10.1. The number of carbonyl (C=O) groups excluding carboxylic acids is 2. The lowest BCUT2D eigenvalue weighted by Crippen LogP contribution is -2.34. The van der Waals surface area contributed by atoms with E-state index in [2.05, 4.69) is 0 Å². The molecule has 0 unspecified atom stereocenters. The normalized spacial score (nSPS) is 16.5. The van der Waals surface area contributed by atoms with Gasteiger partial charge in [0.15, 0.2) is 0 Å². The summed E-state index contributed by atoms with van der Waals surface area (Å²) in [6.07, 6.45) is 4.73. The first-order chi connectivity index (χ1) is 9.58. The van der Waals surface area contributed by atoms with Crippen LogP contribution in [0.1, 0.15) is 31.2 Å². The van der Waals surface area contributed by atoms with Crippen molar-refractivity contribution in [2.24, 2.45) is 0 Å². The zero-order chi connectivity index (χ0) is 14.5. The van der Waals surface area contributed by atoms with Crippen molar-refractivity contribution in [2.45, 2.75) is 25.7 Å². The lowest BCUT2D eigenvalue weighted by Gasteiger charge is -2.18. The summed E-state index contributed by atoms with van der Waals surface area (Å²) in [6.45, 7) is 0. The Morgan fingerprint density at radius 1 is 1.05 bits per heavy atom. The van der Waals surface area contributed by atoms with Crippen LogP contribution < -0.4 is 4.90 Å². The molecule has 2 amide bonds. The number of hydrogen-bond acceptors (Lipinski definition) is 3. The third-order valence-corrected chi connectivity index (χ3v) is 3.10. The van der Waals surface area contributed by atoms with Crippen molar-refractivity contribution < 1.29 is 19.5 Å². The molecule has 0 aliphatic carbocycles. The summed E-state index contributed by atoms with van der Waals surface area (Å²) in [5, 5.41) is 8.55. The van der Waals surface area contributed by atoms with Crippen LogP contribution >= 0.6 is 0 Å². The second-order valence-corrected chi connectivity index (χ2v) is 4.59. The molecule has 1 N–H and O–H groups in total. The molecule has 0 radical (unpaired) electrons. The van der Waals surface area contributed by atoms with Gasteiger partial charge in [-0.15, -0.1) is 0 Å². The van der Waals surface area contributed by atoms with Gasteiger partial charge in [0.2, 0.25) is 11.8 Å². The molecule has 0 spiro atoms. The van der Waals surface area contributed by atoms with Crippen molar-refractivity contribution in [3.63, 3.8) is 0 Å². The number of nitrogens with zero attached hydrogens (tertiary/aromatic N) is 1. The van der Waals surface area contributed by atoms with Crippen molar-refractivity contribution in [3.8, 4) is 0 Å². The lowest BCUT2D eigenvalue weighted by molar-refractivity contribution is -0.131. The Kier molecular flexibility index (Phi) is 4.30. The molecule has 1 aromatic carbocycles. The molecule has 0 aromatic heterocycles. The Bertz CT molecular complexity index is 542. The Hall–Kier alpha value is -2.43. The predicted molar refractivity (Wildman–Crippen MR) is 74.1 cm³/mol. The van der Waals surface area contributed by atoms with Crippen LogP contribution in [-0.4, -0.2) is 22.9 Å². The molecule has 1 fully saturated rings. The monoisotopic (exact) mass is 273 g/mol. The number of anilines is 1. The number of imide groups is 1. The van der Waals surface area contributed by atoms with E-state index in [0.29, 0.717) is 24.1 Å². The molecular weight excluding hydrogens is 258 g/mol. The maximum absolute atomic E-state index is 11.9. The largest absolute Gasteiger partial charge is 0.478 e. The van der Waals surface area contributed by atoms with E-state index in [1.807, 2.05) is 0 Å². The Balaban J connectivity index is 2.21. The second-order valence-electron chi connectivity index (χ2n) is 4.59. The van der Waals surface area contributed by atoms with Crippen molar-refractivity contribution in [2.75, 3.05) is 4.90 Å². The standard InChI is InChI=1S/C15H15NO4/c17-13-3-1-2-4-14(18)16(13)12-8-5-11(6-9-12)7-10-15(19)20/h5-10H,1-4H2,(H,19,20)/b10-7+. The third kappa shape index (κ3) is 3.32. The van der Waals surface area contributed by atoms with Gasteiger partial charge in [0.25, 0.3) is 0 Å². The molecule has 2 rings (SSSR count). The molecular formula is C15H15NO4. The van der Waals surface area contributed by atoms with Gasteiger partial charge in [0, 0.05) is 18.9 Å². The van der Waals surface area contributed by atoms with Crippen LogP contribution in [0.2, 0.25) is 0 Å². The van der Waals surface area contributed by atoms with E-state index < -0.39 is 5.97 Å². The van der Waals surface area contributed by atoms with Crippen LogP contribution in [0.25, 0.3) is 6.08 Å². The quantitative estimate of drug-likeness (QED) is 0.677. The maximum Gasteiger partial charge on any atom is 0.328 e. The molecule has 1 heterocycles. The Morgan fingerprint density at radius 3 is 2.10 bits per heavy atom. The van der Waals surface area contributed by atoms with Crippen molar-refractivity contribution >= 4 is 29.5 Å². The van der Waals surface area contributed by atoms with E-state index >= 15 is 0 Å². The molecule has 0 bridgehead atoms. The minimum atomic E-state index is -1.02. The molecule has 0 saturated carbocycles. The summed E-state index contributed by atoms with van der Waals surface area (Å²) in [4.78, 5) is 35.5. The number of benzene rings is 1. The maximum atomic E-state index is 11.9. The molecule has 20 heavy (non-hydrogen) atoms. The van der Waals surface area contributed by atoms with Gasteiger partial charge in [-0.25, -0.2) is 4.79 Å². The first kappa shape index (κ1) is 14.0. The number of aliphatic carboxylic acids is 1. The fourth-order valence-corrected chi connectivity index (χ4v) is 2.11. The van der Waals surface area contributed by atoms with Gasteiger partial charge in [-0.2, -0.15) is 0 Å². The number of amides is 2. The van der Waals surface area contributed by atoms with Crippen molar-refractivity contribution in [3.05, 3.63) is 35.9 Å². The Morgan fingerprint density at radius 2 is 1.60 bits per heavy atom. The van der Waals surface area contributed by atoms with Crippen LogP contribution in [0.5, 0.6) is 0 Å². The smallest absolute Gasteiger partial charge is 0.328 e. The van der Waals surface area contributed by atoms with Gasteiger partial charge in [0.05, 0.1) is 5.69 Å². The molecule has 1 aliphatic rings. The highest BCUT2D eigenvalue weighted by Crippen LogP contribution is 2.22. The fraction of sp³-hybridized carbons (Fsp3) is 0.267. The van der Waals surface area contributed by atoms with Gasteiger partial charge in [-0.1, -0.05) is 12.1 Å². The number of carboxylic acid groups (broad SMARTS) is 1. The van der Waals surface area contributed by atoms with Gasteiger partial charge < -0.3 is 5.11 Å². The minimum absolute atomic E-state index is 0.179. The van der Waals surface area contributed by atoms with Crippen molar-refractivity contribution in [1.82, 2.24) is 0 Å². The van der Waals surface area contributed by atoms with Gasteiger partial charge in [0.1, 0.15) is 0 Å². The summed E-state index contributed by atoms with van der Waals surface area (Å²) in [7, 11) is 0. The third-order valence-electron chi connectivity index (χ3n) is 3.10. The average molecular weight is 273 g/mol. The average Bonchev–Trinajstić information content (AvgIpc) is 2.58. The predicted octanol–water partition coefficient (Wildman–Crippen LogP) is 2.22. The highest BCUT2D eigenvalue weighted by atomic mass is 16.4. The SMILES string of the molecule is O=C(O)/C=C/c1ccc(N2C(=O)CCCCC2=O)cc1. The van der Waals surface area contributed by atoms with Crippen LogP contribution in [-0.2, 0) is 14.4 Å². The van der Waals surface area contributed by atoms with E-state index in [4.69, 9.17) is 5.11 Å². The van der Waals surface area contributed by atoms with E-state index in [0.717, 1.165) is 18.9 Å². The zero-order valence-corrected chi connectivity index (χ0v) is 10.9. The zero-order valence-electron chi connectivity index (χ0n) is 10.9. The van der Waals surface area contributed by atoms with Crippen LogP contribution in [0.15, 0.2) is 30.3 Å². The number of rotatable bonds is 3. The summed E-state index contributed by atoms with van der Waals surface area (Å²) >= 11 is 0. The highest BCUT2D eigenvalue weighted by molar-refractivity contribution is 6.15. The highest BCUT2D eigenvalue weighted by Gasteiger charge is 2.25. The first-order valence-corrected chi connectivity index (χ1v) is 6.45. The number of hydrogen-bond donors (Lipinski definition) is 1. The van der Waals surface area contributed by atoms with E-state index in [1.165, 1.54) is 11.0 Å². The molecule has 5 nitrogen and oxygen atoms in total. The van der Waals surface area contributed by atoms with E-state index in [1.54, 1.807) is 24.3 Å². The van der Waals surface area contributed by atoms with Crippen LogP contribution in [0.4, 0.5) is 5.69 Å². The van der Waals surface area contributed by atoms with Gasteiger partial charge in [-0.3, -0.25) is 14.5 Å². The molecule has 1 aromatic rings.